The first-order valence-electron chi connectivity index (χ1n) is 5.09. The van der Waals surface area contributed by atoms with Crippen molar-refractivity contribution >= 4 is 0 Å². The lowest BCUT2D eigenvalue weighted by Gasteiger charge is -2.12. The number of rotatable bonds is 6. The van der Waals surface area contributed by atoms with Crippen molar-refractivity contribution in [3.63, 3.8) is 0 Å². The molecule has 0 spiro atoms. The minimum atomic E-state index is -0.409. The average Bonchev–Trinajstić information content (AvgIpc) is 2.20. The molecule has 2 N–H and O–H groups in total. The molecule has 0 bridgehead atoms. The fourth-order valence-corrected chi connectivity index (χ4v) is 1.38. The Kier molecular flexibility index (Phi) is 5.52. The van der Waals surface area contributed by atoms with Crippen molar-refractivity contribution in [1.82, 2.24) is 5.32 Å². The zero-order valence-corrected chi connectivity index (χ0v) is 8.70. The first-order valence-corrected chi connectivity index (χ1v) is 5.09. The lowest BCUT2D eigenvalue weighted by Crippen LogP contribution is -2.28. The number of aliphatic hydroxyl groups excluding tert-OH is 1. The van der Waals surface area contributed by atoms with Gasteiger partial charge in [-0.15, -0.1) is 0 Å². The third-order valence-corrected chi connectivity index (χ3v) is 2.09. The molecule has 1 unspecified atom stereocenters. The fourth-order valence-electron chi connectivity index (χ4n) is 1.38. The van der Waals surface area contributed by atoms with Crippen LogP contribution in [0.4, 0.5) is 0 Å². The van der Waals surface area contributed by atoms with Gasteiger partial charge in [0.25, 0.3) is 0 Å². The van der Waals surface area contributed by atoms with Crippen molar-refractivity contribution in [2.24, 2.45) is 0 Å². The minimum absolute atomic E-state index is 0.395. The van der Waals surface area contributed by atoms with Crippen molar-refractivity contribution in [1.29, 1.82) is 0 Å². The molecule has 3 nitrogen and oxygen atoms in total. The summed E-state index contributed by atoms with van der Waals surface area (Å²) in [5, 5.41) is 12.3. The Balaban J connectivity index is 2.08. The third kappa shape index (κ3) is 4.56. The highest BCUT2D eigenvalue weighted by molar-refractivity contribution is 5.22. The molecule has 80 valence electrons. The molecule has 0 saturated carbocycles. The highest BCUT2D eigenvalue weighted by Crippen LogP contribution is 2.09. The maximum atomic E-state index is 9.35. The number of allylic oxidation sites excluding steroid dienone is 2. The van der Waals surface area contributed by atoms with E-state index >= 15 is 0 Å². The molecule has 0 radical (unpaired) electrons. The predicted octanol–water partition coefficient (Wildman–Crippen LogP) is 0.860. The first-order chi connectivity index (χ1) is 6.83. The summed E-state index contributed by atoms with van der Waals surface area (Å²) in [6, 6.07) is 0. The van der Waals surface area contributed by atoms with E-state index in [1.54, 1.807) is 0 Å². The van der Waals surface area contributed by atoms with Gasteiger partial charge in [-0.25, -0.2) is 0 Å². The van der Waals surface area contributed by atoms with E-state index in [4.69, 9.17) is 4.74 Å². The lowest BCUT2D eigenvalue weighted by atomic mass is 10.1. The van der Waals surface area contributed by atoms with Crippen LogP contribution in [0.5, 0.6) is 0 Å². The number of aliphatic hydroxyl groups is 1. The molecule has 0 heterocycles. The predicted molar refractivity (Wildman–Crippen MR) is 57.2 cm³/mol. The second-order valence-corrected chi connectivity index (χ2v) is 3.49. The molecule has 0 saturated heterocycles. The van der Waals surface area contributed by atoms with Crippen molar-refractivity contribution < 1.29 is 9.84 Å². The summed E-state index contributed by atoms with van der Waals surface area (Å²) in [4.78, 5) is 0. The summed E-state index contributed by atoms with van der Waals surface area (Å²) in [5.74, 6) is 0. The second kappa shape index (κ2) is 6.76. The summed E-state index contributed by atoms with van der Waals surface area (Å²) < 4.78 is 5.38. The van der Waals surface area contributed by atoms with E-state index in [1.807, 2.05) is 7.05 Å². The van der Waals surface area contributed by atoms with E-state index in [-0.39, 0.29) is 0 Å². The maximum absolute atomic E-state index is 9.35. The summed E-state index contributed by atoms with van der Waals surface area (Å²) in [5.41, 5.74) is 1.22. The fraction of sp³-hybridized carbons (Fsp3) is 0.636. The van der Waals surface area contributed by atoms with E-state index < -0.39 is 6.10 Å². The van der Waals surface area contributed by atoms with Crippen LogP contribution >= 0.6 is 0 Å². The van der Waals surface area contributed by atoms with Crippen LogP contribution in [-0.4, -0.2) is 38.0 Å². The van der Waals surface area contributed by atoms with Gasteiger partial charge in [0.2, 0.25) is 0 Å². The van der Waals surface area contributed by atoms with Gasteiger partial charge >= 0.3 is 0 Å². The van der Waals surface area contributed by atoms with Crippen LogP contribution in [-0.2, 0) is 4.74 Å². The molecule has 0 aromatic rings. The lowest BCUT2D eigenvalue weighted by molar-refractivity contribution is 0.0485. The summed E-state index contributed by atoms with van der Waals surface area (Å²) in [7, 11) is 1.82. The van der Waals surface area contributed by atoms with Gasteiger partial charge in [-0.1, -0.05) is 18.2 Å². The molecule has 3 heteroatoms. The zero-order valence-electron chi connectivity index (χ0n) is 8.70. The first kappa shape index (κ1) is 11.4. The highest BCUT2D eigenvalue weighted by atomic mass is 16.5. The van der Waals surface area contributed by atoms with Crippen LogP contribution in [0.1, 0.15) is 12.8 Å². The molecule has 1 atom stereocenters. The standard InChI is InChI=1S/C11H19NO2/c1-12-7-11(13)9-14-8-10-5-3-2-4-6-10/h3,5-6,11-13H,2,4,7-9H2,1H3. The van der Waals surface area contributed by atoms with Crippen LogP contribution in [0.3, 0.4) is 0 Å². The Hall–Kier alpha value is -0.640. The van der Waals surface area contributed by atoms with E-state index in [0.29, 0.717) is 19.8 Å². The van der Waals surface area contributed by atoms with E-state index in [2.05, 4.69) is 23.5 Å². The summed E-state index contributed by atoms with van der Waals surface area (Å²) in [6.07, 6.45) is 8.26. The average molecular weight is 197 g/mol. The van der Waals surface area contributed by atoms with Crippen molar-refractivity contribution in [2.45, 2.75) is 18.9 Å². The van der Waals surface area contributed by atoms with Crippen LogP contribution < -0.4 is 5.32 Å². The Morgan fingerprint density at radius 1 is 1.57 bits per heavy atom. The van der Waals surface area contributed by atoms with Gasteiger partial charge in [0.05, 0.1) is 19.3 Å². The quantitative estimate of drug-likeness (QED) is 0.663. The monoisotopic (exact) mass is 197 g/mol. The Bertz CT molecular complexity index is 211. The molecule has 14 heavy (non-hydrogen) atoms. The van der Waals surface area contributed by atoms with Crippen LogP contribution in [0.25, 0.3) is 0 Å². The Labute approximate surface area is 85.5 Å². The maximum Gasteiger partial charge on any atom is 0.0897 e. The third-order valence-electron chi connectivity index (χ3n) is 2.09. The van der Waals surface area contributed by atoms with Gasteiger partial charge < -0.3 is 15.2 Å². The van der Waals surface area contributed by atoms with E-state index in [0.717, 1.165) is 12.8 Å². The summed E-state index contributed by atoms with van der Waals surface area (Å²) >= 11 is 0. The molecule has 1 aliphatic rings. The zero-order chi connectivity index (χ0) is 10.2. The van der Waals surface area contributed by atoms with Crippen molar-refractivity contribution in [3.8, 4) is 0 Å². The van der Waals surface area contributed by atoms with E-state index in [9.17, 15) is 5.11 Å². The largest absolute Gasteiger partial charge is 0.389 e. The van der Waals surface area contributed by atoms with Gasteiger partial charge in [-0.05, 0) is 25.5 Å². The topological polar surface area (TPSA) is 41.5 Å². The number of likely N-dealkylation sites (N-methyl/N-ethyl adjacent to an activating group) is 1. The van der Waals surface area contributed by atoms with Gasteiger partial charge in [0, 0.05) is 6.54 Å². The highest BCUT2D eigenvalue weighted by Gasteiger charge is 2.03. The van der Waals surface area contributed by atoms with Gasteiger partial charge in [-0.2, -0.15) is 0 Å². The van der Waals surface area contributed by atoms with Crippen LogP contribution in [0, 0.1) is 0 Å². The van der Waals surface area contributed by atoms with Crippen molar-refractivity contribution in [3.05, 3.63) is 23.8 Å². The molecule has 1 aliphatic carbocycles. The van der Waals surface area contributed by atoms with Crippen molar-refractivity contribution in [2.75, 3.05) is 26.8 Å². The molecular weight excluding hydrogens is 178 g/mol. The molecule has 0 amide bonds. The number of hydrogen-bond donors (Lipinski definition) is 2. The molecular formula is C11H19NO2. The minimum Gasteiger partial charge on any atom is -0.389 e. The Morgan fingerprint density at radius 3 is 3.07 bits per heavy atom. The number of nitrogens with one attached hydrogen (secondary N) is 1. The molecule has 0 fully saturated rings. The second-order valence-electron chi connectivity index (χ2n) is 3.49. The number of hydrogen-bond acceptors (Lipinski definition) is 3. The SMILES string of the molecule is CNCC(O)COCC1=CCCC=C1. The summed E-state index contributed by atoms with van der Waals surface area (Å²) in [6.45, 7) is 1.58. The smallest absolute Gasteiger partial charge is 0.0897 e. The van der Waals surface area contributed by atoms with Gasteiger partial charge in [0.15, 0.2) is 0 Å². The molecule has 0 aromatic carbocycles. The molecule has 0 aromatic heterocycles. The van der Waals surface area contributed by atoms with E-state index in [1.165, 1.54) is 5.57 Å². The molecule has 1 rings (SSSR count). The van der Waals surface area contributed by atoms with Gasteiger partial charge in [-0.3, -0.25) is 0 Å². The number of ether oxygens (including phenoxy) is 1. The Morgan fingerprint density at radius 2 is 2.43 bits per heavy atom. The van der Waals surface area contributed by atoms with Crippen LogP contribution in [0.2, 0.25) is 0 Å². The molecule has 0 aliphatic heterocycles. The van der Waals surface area contributed by atoms with Gasteiger partial charge in [0.1, 0.15) is 0 Å². The normalized spacial score (nSPS) is 18.0. The van der Waals surface area contributed by atoms with Crippen LogP contribution in [0.15, 0.2) is 23.8 Å².